The van der Waals surface area contributed by atoms with Crippen LogP contribution in [0, 0.1) is 0 Å². The second-order valence-electron chi connectivity index (χ2n) is 3.60. The van der Waals surface area contributed by atoms with Crippen LogP contribution in [-0.2, 0) is 0 Å². The summed E-state index contributed by atoms with van der Waals surface area (Å²) in [5.74, 6) is 0. The van der Waals surface area contributed by atoms with Gasteiger partial charge in [0.1, 0.15) is 6.10 Å². The normalized spacial score (nSPS) is 12.5. The fourth-order valence-electron chi connectivity index (χ4n) is 1.56. The molecule has 17 heavy (non-hydrogen) atoms. The molecule has 0 saturated heterocycles. The highest BCUT2D eigenvalue weighted by Gasteiger charge is 2.14. The molecule has 0 amide bonds. The van der Waals surface area contributed by atoms with Gasteiger partial charge in [0.15, 0.2) is 0 Å². The maximum absolute atomic E-state index is 10.2. The van der Waals surface area contributed by atoms with Gasteiger partial charge >= 0.3 is 0 Å². The maximum atomic E-state index is 10.2. The van der Waals surface area contributed by atoms with Gasteiger partial charge in [-0.05, 0) is 39.7 Å². The molecule has 1 atom stereocenters. The third-order valence-corrected chi connectivity index (χ3v) is 4.02. The number of hydrogen-bond donors (Lipinski definition) is 1. The van der Waals surface area contributed by atoms with Crippen molar-refractivity contribution in [3.05, 3.63) is 68.1 Å². The van der Waals surface area contributed by atoms with Crippen LogP contribution < -0.4 is 0 Å². The molecule has 2 aromatic carbocycles. The Morgan fingerprint density at radius 2 is 1.71 bits per heavy atom. The van der Waals surface area contributed by atoms with E-state index in [1.54, 1.807) is 30.3 Å². The number of benzene rings is 2. The molecule has 1 nitrogen and oxygen atoms in total. The molecule has 4 heteroatoms. The summed E-state index contributed by atoms with van der Waals surface area (Å²) in [7, 11) is 0. The summed E-state index contributed by atoms with van der Waals surface area (Å²) in [5, 5.41) is 11.4. The van der Waals surface area contributed by atoms with E-state index in [0.717, 1.165) is 10.0 Å². The molecular formula is C13H9BrCl2O. The summed E-state index contributed by atoms with van der Waals surface area (Å²) in [6, 6.07) is 12.5. The zero-order chi connectivity index (χ0) is 12.4. The second-order valence-corrected chi connectivity index (χ2v) is 5.27. The molecule has 88 valence electrons. The molecule has 1 unspecified atom stereocenters. The first-order chi connectivity index (χ1) is 8.09. The quantitative estimate of drug-likeness (QED) is 0.835. The average Bonchev–Trinajstić information content (AvgIpc) is 2.32. The van der Waals surface area contributed by atoms with Crippen LogP contribution in [-0.4, -0.2) is 5.11 Å². The lowest BCUT2D eigenvalue weighted by molar-refractivity contribution is 0.220. The summed E-state index contributed by atoms with van der Waals surface area (Å²) < 4.78 is 0.753. The van der Waals surface area contributed by atoms with Crippen LogP contribution in [0.5, 0.6) is 0 Å². The third kappa shape index (κ3) is 2.83. The molecular weight excluding hydrogens is 323 g/mol. The summed E-state index contributed by atoms with van der Waals surface area (Å²) in [6.07, 6.45) is -0.753. The van der Waals surface area contributed by atoms with Gasteiger partial charge in [-0.15, -0.1) is 0 Å². The summed E-state index contributed by atoms with van der Waals surface area (Å²) in [6.45, 7) is 0. The highest BCUT2D eigenvalue weighted by Crippen LogP contribution is 2.31. The predicted molar refractivity (Wildman–Crippen MR) is 74.7 cm³/mol. The molecule has 0 fully saturated rings. The van der Waals surface area contributed by atoms with E-state index >= 15 is 0 Å². The monoisotopic (exact) mass is 330 g/mol. The Morgan fingerprint density at radius 3 is 2.35 bits per heavy atom. The predicted octanol–water partition coefficient (Wildman–Crippen LogP) is 4.84. The van der Waals surface area contributed by atoms with Crippen LogP contribution in [0.4, 0.5) is 0 Å². The highest BCUT2D eigenvalue weighted by atomic mass is 79.9. The fourth-order valence-corrected chi connectivity index (χ4v) is 2.31. The Kier molecular flexibility index (Phi) is 4.10. The molecule has 0 aliphatic carbocycles. The van der Waals surface area contributed by atoms with Crippen LogP contribution in [0.25, 0.3) is 0 Å². The topological polar surface area (TPSA) is 20.2 Å². The van der Waals surface area contributed by atoms with Crippen LogP contribution >= 0.6 is 39.1 Å². The van der Waals surface area contributed by atoms with Gasteiger partial charge in [-0.1, -0.05) is 47.5 Å². The second kappa shape index (κ2) is 5.40. The first-order valence-electron chi connectivity index (χ1n) is 4.97. The third-order valence-electron chi connectivity index (χ3n) is 2.46. The Balaban J connectivity index is 2.40. The molecule has 0 radical (unpaired) electrons. The van der Waals surface area contributed by atoms with E-state index < -0.39 is 6.10 Å². The first kappa shape index (κ1) is 12.9. The Hall–Kier alpha value is -0.540. The largest absolute Gasteiger partial charge is 0.384 e. The number of aliphatic hydroxyl groups excluding tert-OH is 1. The molecule has 0 aliphatic rings. The van der Waals surface area contributed by atoms with Crippen LogP contribution in [0.15, 0.2) is 46.9 Å². The van der Waals surface area contributed by atoms with Crippen LogP contribution in [0.1, 0.15) is 17.2 Å². The van der Waals surface area contributed by atoms with Crippen molar-refractivity contribution in [1.82, 2.24) is 0 Å². The summed E-state index contributed by atoms with van der Waals surface area (Å²) in [4.78, 5) is 0. The van der Waals surface area contributed by atoms with E-state index in [0.29, 0.717) is 15.6 Å². The Bertz CT molecular complexity index is 543. The van der Waals surface area contributed by atoms with Gasteiger partial charge in [0, 0.05) is 15.1 Å². The molecule has 0 aliphatic heterocycles. The fraction of sp³-hybridized carbons (Fsp3) is 0.0769. The Morgan fingerprint density at radius 1 is 1.00 bits per heavy atom. The van der Waals surface area contributed by atoms with Crippen molar-refractivity contribution in [1.29, 1.82) is 0 Å². The SMILES string of the molecule is OC(c1ccc(Cl)c(Br)c1)c1ccccc1Cl. The van der Waals surface area contributed by atoms with Crippen molar-refractivity contribution in [3.63, 3.8) is 0 Å². The minimum atomic E-state index is -0.753. The van der Waals surface area contributed by atoms with E-state index in [1.807, 2.05) is 12.1 Å². The molecule has 0 spiro atoms. The van der Waals surface area contributed by atoms with Gasteiger partial charge in [0.05, 0.1) is 5.02 Å². The lowest BCUT2D eigenvalue weighted by Gasteiger charge is -2.13. The van der Waals surface area contributed by atoms with Gasteiger partial charge in [-0.3, -0.25) is 0 Å². The zero-order valence-corrected chi connectivity index (χ0v) is 11.8. The minimum Gasteiger partial charge on any atom is -0.384 e. The lowest BCUT2D eigenvalue weighted by Crippen LogP contribution is -2.00. The summed E-state index contributed by atoms with van der Waals surface area (Å²) in [5.41, 5.74) is 1.43. The Labute approximate surface area is 118 Å². The zero-order valence-electron chi connectivity index (χ0n) is 8.70. The van der Waals surface area contributed by atoms with E-state index in [2.05, 4.69) is 15.9 Å². The molecule has 2 rings (SSSR count). The van der Waals surface area contributed by atoms with Gasteiger partial charge in [0.25, 0.3) is 0 Å². The summed E-state index contributed by atoms with van der Waals surface area (Å²) >= 11 is 15.3. The van der Waals surface area contributed by atoms with E-state index in [9.17, 15) is 5.11 Å². The average molecular weight is 332 g/mol. The van der Waals surface area contributed by atoms with Crippen molar-refractivity contribution in [2.45, 2.75) is 6.10 Å². The smallest absolute Gasteiger partial charge is 0.106 e. The molecule has 0 bridgehead atoms. The van der Waals surface area contributed by atoms with E-state index in [1.165, 1.54) is 0 Å². The van der Waals surface area contributed by atoms with Crippen molar-refractivity contribution in [3.8, 4) is 0 Å². The molecule has 2 aromatic rings. The number of aliphatic hydroxyl groups is 1. The number of rotatable bonds is 2. The number of halogens is 3. The van der Waals surface area contributed by atoms with Gasteiger partial charge in [-0.25, -0.2) is 0 Å². The van der Waals surface area contributed by atoms with Crippen molar-refractivity contribution >= 4 is 39.1 Å². The van der Waals surface area contributed by atoms with Crippen molar-refractivity contribution in [2.24, 2.45) is 0 Å². The van der Waals surface area contributed by atoms with Crippen molar-refractivity contribution < 1.29 is 5.11 Å². The number of hydrogen-bond acceptors (Lipinski definition) is 1. The van der Waals surface area contributed by atoms with Gasteiger partial charge in [0.2, 0.25) is 0 Å². The molecule has 0 aromatic heterocycles. The molecule has 1 N–H and O–H groups in total. The van der Waals surface area contributed by atoms with Crippen LogP contribution in [0.2, 0.25) is 10.0 Å². The van der Waals surface area contributed by atoms with Crippen LogP contribution in [0.3, 0.4) is 0 Å². The van der Waals surface area contributed by atoms with Gasteiger partial charge in [-0.2, -0.15) is 0 Å². The van der Waals surface area contributed by atoms with E-state index in [4.69, 9.17) is 23.2 Å². The lowest BCUT2D eigenvalue weighted by atomic mass is 10.0. The standard InChI is InChI=1S/C13H9BrCl2O/c14-10-7-8(5-6-12(10)16)13(17)9-3-1-2-4-11(9)15/h1-7,13,17H. The highest BCUT2D eigenvalue weighted by molar-refractivity contribution is 9.10. The minimum absolute atomic E-state index is 0.547. The molecule has 0 heterocycles. The molecule has 0 saturated carbocycles. The van der Waals surface area contributed by atoms with Gasteiger partial charge < -0.3 is 5.11 Å². The maximum Gasteiger partial charge on any atom is 0.106 e. The first-order valence-corrected chi connectivity index (χ1v) is 6.52. The van der Waals surface area contributed by atoms with Crippen molar-refractivity contribution in [2.75, 3.05) is 0 Å². The van der Waals surface area contributed by atoms with E-state index in [-0.39, 0.29) is 0 Å².